The first-order chi connectivity index (χ1) is 7.58. The molecule has 1 aromatic rings. The van der Waals surface area contributed by atoms with E-state index < -0.39 is 0 Å². The Hall–Kier alpha value is -1.36. The van der Waals surface area contributed by atoms with Crippen LogP contribution in [0.4, 0.5) is 0 Å². The van der Waals surface area contributed by atoms with E-state index in [0.29, 0.717) is 6.42 Å². The summed E-state index contributed by atoms with van der Waals surface area (Å²) in [5.74, 6) is 0.120. The van der Waals surface area contributed by atoms with Crippen molar-refractivity contribution in [1.82, 2.24) is 10.2 Å². The molecule has 16 heavy (non-hydrogen) atoms. The minimum absolute atomic E-state index is 0.0336. The molecule has 1 unspecified atom stereocenters. The average molecular weight is 282 g/mol. The number of carbonyl (C=O) groups is 1. The zero-order valence-corrected chi connectivity index (χ0v) is 10.4. The van der Waals surface area contributed by atoms with E-state index in [1.807, 2.05) is 24.3 Å². The van der Waals surface area contributed by atoms with Crippen LogP contribution in [0.3, 0.4) is 0 Å². The van der Waals surface area contributed by atoms with Crippen LogP contribution in [0.15, 0.2) is 28.7 Å². The quantitative estimate of drug-likeness (QED) is 0.826. The van der Waals surface area contributed by atoms with Crippen LogP contribution in [-0.2, 0) is 4.79 Å². The Kier molecular flexibility index (Phi) is 2.96. The number of nitrogens with zero attached hydrogens (tertiary/aromatic N) is 1. The van der Waals surface area contributed by atoms with Gasteiger partial charge in [0.25, 0.3) is 0 Å². The van der Waals surface area contributed by atoms with E-state index >= 15 is 0 Å². The van der Waals surface area contributed by atoms with Crippen molar-refractivity contribution in [2.45, 2.75) is 12.5 Å². The van der Waals surface area contributed by atoms with Gasteiger partial charge < -0.3 is 5.32 Å². The van der Waals surface area contributed by atoms with Gasteiger partial charge in [-0.1, -0.05) is 28.1 Å². The van der Waals surface area contributed by atoms with Gasteiger partial charge in [0.1, 0.15) is 0 Å². The fourth-order valence-electron chi connectivity index (χ4n) is 1.67. The first-order valence-electron chi connectivity index (χ1n) is 4.95. The van der Waals surface area contributed by atoms with Crippen LogP contribution < -0.4 is 5.32 Å². The Morgan fingerprint density at radius 3 is 2.94 bits per heavy atom. The SMILES string of the molecule is CN1C(=N)NC(c2cccc(Br)c2)CC1=O. The summed E-state index contributed by atoms with van der Waals surface area (Å²) in [6.45, 7) is 0. The summed E-state index contributed by atoms with van der Waals surface area (Å²) in [7, 11) is 1.61. The molecule has 2 N–H and O–H groups in total. The van der Waals surface area contributed by atoms with Gasteiger partial charge in [0.2, 0.25) is 5.91 Å². The van der Waals surface area contributed by atoms with Crippen molar-refractivity contribution in [2.75, 3.05) is 7.05 Å². The zero-order valence-electron chi connectivity index (χ0n) is 8.83. The van der Waals surface area contributed by atoms with Gasteiger partial charge in [-0.15, -0.1) is 0 Å². The summed E-state index contributed by atoms with van der Waals surface area (Å²) in [5.41, 5.74) is 1.01. The lowest BCUT2D eigenvalue weighted by Gasteiger charge is -2.31. The molecule has 1 aromatic carbocycles. The number of hydrogen-bond donors (Lipinski definition) is 2. The lowest BCUT2D eigenvalue weighted by atomic mass is 10.0. The maximum Gasteiger partial charge on any atom is 0.231 e. The lowest BCUT2D eigenvalue weighted by molar-refractivity contribution is -0.128. The molecule has 4 nitrogen and oxygen atoms in total. The van der Waals surface area contributed by atoms with Crippen molar-refractivity contribution in [2.24, 2.45) is 0 Å². The number of guanidine groups is 1. The third-order valence-corrected chi connectivity index (χ3v) is 3.14. The number of rotatable bonds is 1. The highest BCUT2D eigenvalue weighted by atomic mass is 79.9. The molecule has 1 saturated heterocycles. The number of amides is 1. The molecule has 0 bridgehead atoms. The Morgan fingerprint density at radius 2 is 2.31 bits per heavy atom. The molecule has 0 aliphatic carbocycles. The fourth-order valence-corrected chi connectivity index (χ4v) is 2.09. The first kappa shape index (κ1) is 11.1. The number of carbonyl (C=O) groups excluding carboxylic acids is 1. The summed E-state index contributed by atoms with van der Waals surface area (Å²) in [6, 6.07) is 7.67. The second-order valence-electron chi connectivity index (χ2n) is 3.76. The van der Waals surface area contributed by atoms with Gasteiger partial charge in [0.05, 0.1) is 12.5 Å². The molecule has 1 aliphatic rings. The summed E-state index contributed by atoms with van der Waals surface area (Å²) < 4.78 is 0.977. The predicted molar refractivity (Wildman–Crippen MR) is 65.1 cm³/mol. The summed E-state index contributed by atoms with van der Waals surface area (Å²) in [6.07, 6.45) is 0.384. The predicted octanol–water partition coefficient (Wildman–Crippen LogP) is 1.88. The first-order valence-corrected chi connectivity index (χ1v) is 5.74. The van der Waals surface area contributed by atoms with Gasteiger partial charge >= 0.3 is 0 Å². The lowest BCUT2D eigenvalue weighted by Crippen LogP contribution is -2.49. The van der Waals surface area contributed by atoms with Gasteiger partial charge in [-0.25, -0.2) is 0 Å². The minimum Gasteiger partial charge on any atom is -0.349 e. The Balaban J connectivity index is 2.23. The molecule has 1 fully saturated rings. The van der Waals surface area contributed by atoms with Crippen molar-refractivity contribution in [1.29, 1.82) is 5.41 Å². The second-order valence-corrected chi connectivity index (χ2v) is 4.67. The van der Waals surface area contributed by atoms with Crippen LogP contribution in [0.2, 0.25) is 0 Å². The van der Waals surface area contributed by atoms with E-state index in [1.165, 1.54) is 4.90 Å². The number of benzene rings is 1. The zero-order chi connectivity index (χ0) is 11.7. The molecule has 5 heteroatoms. The van der Waals surface area contributed by atoms with Crippen molar-refractivity contribution in [3.8, 4) is 0 Å². The highest BCUT2D eigenvalue weighted by Gasteiger charge is 2.27. The number of halogens is 1. The molecule has 1 amide bonds. The monoisotopic (exact) mass is 281 g/mol. The third kappa shape index (κ3) is 2.09. The van der Waals surface area contributed by atoms with Gasteiger partial charge in [0, 0.05) is 11.5 Å². The van der Waals surface area contributed by atoms with Gasteiger partial charge in [-0.05, 0) is 17.7 Å². The van der Waals surface area contributed by atoms with Crippen LogP contribution in [0.25, 0.3) is 0 Å². The van der Waals surface area contributed by atoms with Crippen molar-refractivity contribution < 1.29 is 4.79 Å². The average Bonchev–Trinajstić information content (AvgIpc) is 2.25. The Morgan fingerprint density at radius 1 is 1.56 bits per heavy atom. The molecule has 0 aromatic heterocycles. The maximum atomic E-state index is 11.6. The smallest absolute Gasteiger partial charge is 0.231 e. The van der Waals surface area contributed by atoms with Crippen molar-refractivity contribution >= 4 is 27.8 Å². The second kappa shape index (κ2) is 4.25. The minimum atomic E-state index is -0.103. The highest BCUT2D eigenvalue weighted by Crippen LogP contribution is 2.23. The standard InChI is InChI=1S/C11H12BrN3O/c1-15-10(16)6-9(14-11(15)13)7-3-2-4-8(12)5-7/h2-5,9H,6H2,1H3,(H2,13,14). The molecule has 0 spiro atoms. The fraction of sp³-hybridized carbons (Fsp3) is 0.273. The largest absolute Gasteiger partial charge is 0.349 e. The van der Waals surface area contributed by atoms with E-state index in [-0.39, 0.29) is 17.9 Å². The molecule has 1 heterocycles. The van der Waals surface area contributed by atoms with E-state index in [2.05, 4.69) is 21.2 Å². The van der Waals surface area contributed by atoms with Crippen LogP contribution in [0.5, 0.6) is 0 Å². The maximum absolute atomic E-state index is 11.6. The highest BCUT2D eigenvalue weighted by molar-refractivity contribution is 9.10. The summed E-state index contributed by atoms with van der Waals surface area (Å²) in [4.78, 5) is 12.9. The van der Waals surface area contributed by atoms with Crippen LogP contribution in [-0.4, -0.2) is 23.8 Å². The molecule has 0 saturated carbocycles. The molecule has 1 aliphatic heterocycles. The topological polar surface area (TPSA) is 56.2 Å². The van der Waals surface area contributed by atoms with E-state index in [4.69, 9.17) is 5.41 Å². The number of hydrogen-bond acceptors (Lipinski definition) is 2. The van der Waals surface area contributed by atoms with E-state index in [0.717, 1.165) is 10.0 Å². The summed E-state index contributed by atoms with van der Waals surface area (Å²) >= 11 is 3.39. The molecule has 1 atom stereocenters. The Labute approximate surface area is 102 Å². The van der Waals surface area contributed by atoms with Gasteiger partial charge in [-0.3, -0.25) is 15.1 Å². The van der Waals surface area contributed by atoms with Crippen LogP contribution >= 0.6 is 15.9 Å². The van der Waals surface area contributed by atoms with Gasteiger partial charge in [-0.2, -0.15) is 0 Å². The molecule has 84 valence electrons. The van der Waals surface area contributed by atoms with Crippen LogP contribution in [0, 0.1) is 5.41 Å². The van der Waals surface area contributed by atoms with Crippen molar-refractivity contribution in [3.63, 3.8) is 0 Å². The molecular formula is C11H12BrN3O. The third-order valence-electron chi connectivity index (χ3n) is 2.65. The molecular weight excluding hydrogens is 270 g/mol. The van der Waals surface area contributed by atoms with Crippen molar-refractivity contribution in [3.05, 3.63) is 34.3 Å². The number of nitrogens with one attached hydrogen (secondary N) is 2. The van der Waals surface area contributed by atoms with Crippen LogP contribution in [0.1, 0.15) is 18.0 Å². The Bertz CT molecular complexity index is 429. The molecule has 2 rings (SSSR count). The summed E-state index contributed by atoms with van der Waals surface area (Å²) in [5, 5.41) is 10.6. The molecule has 0 radical (unpaired) electrons. The van der Waals surface area contributed by atoms with E-state index in [1.54, 1.807) is 7.05 Å². The normalized spacial score (nSPS) is 20.9. The van der Waals surface area contributed by atoms with E-state index in [9.17, 15) is 4.79 Å². The van der Waals surface area contributed by atoms with Gasteiger partial charge in [0.15, 0.2) is 5.96 Å².